The summed E-state index contributed by atoms with van der Waals surface area (Å²) >= 11 is 0. The third kappa shape index (κ3) is 4.12. The molecule has 2 aromatic rings. The number of anilines is 2. The molecule has 0 bridgehead atoms. The van der Waals surface area contributed by atoms with E-state index in [4.69, 9.17) is 9.97 Å². The molecule has 0 saturated carbocycles. The molecule has 0 N–H and O–H groups in total. The number of hydrogen-bond acceptors (Lipinski definition) is 5. The molecule has 2 fully saturated rings. The Morgan fingerprint density at radius 2 is 1.77 bits per heavy atom. The van der Waals surface area contributed by atoms with Crippen LogP contribution in [0.25, 0.3) is 0 Å². The predicted octanol–water partition coefficient (Wildman–Crippen LogP) is 3.82. The molecule has 0 radical (unpaired) electrons. The van der Waals surface area contributed by atoms with Crippen molar-refractivity contribution in [2.24, 2.45) is 5.92 Å². The Bertz CT molecular complexity index is 960. The maximum absolute atomic E-state index is 13.2. The maximum atomic E-state index is 13.2. The average Bonchev–Trinajstić information content (AvgIpc) is 3.33. The molecule has 1 amide bonds. The van der Waals surface area contributed by atoms with Crippen LogP contribution in [0.2, 0.25) is 0 Å². The highest BCUT2D eigenvalue weighted by atomic mass is 16.2. The van der Waals surface area contributed by atoms with Crippen LogP contribution < -0.4 is 9.80 Å². The first kappa shape index (κ1) is 20.3. The lowest BCUT2D eigenvalue weighted by molar-refractivity contribution is 0.0733. The number of piperidine rings is 1. The lowest BCUT2D eigenvalue weighted by atomic mass is 9.99. The monoisotopic (exact) mass is 419 g/mol. The molecule has 6 nitrogen and oxygen atoms in total. The van der Waals surface area contributed by atoms with Crippen molar-refractivity contribution in [1.82, 2.24) is 14.9 Å². The zero-order valence-corrected chi connectivity index (χ0v) is 18.8. The molecular weight excluding hydrogens is 386 g/mol. The van der Waals surface area contributed by atoms with Crippen LogP contribution in [-0.2, 0) is 13.0 Å². The highest BCUT2D eigenvalue weighted by Crippen LogP contribution is 2.32. The number of fused-ring (bicyclic) bond motifs is 1. The number of amides is 1. The van der Waals surface area contributed by atoms with Crippen molar-refractivity contribution in [2.45, 2.75) is 52.5 Å². The second kappa shape index (κ2) is 8.48. The SMILES string of the molecule is Cc1cccc(C(=O)N2CCc3nc(N4CCC(C)CC4)nc(N4CCCC4)c3C2)c1. The molecule has 0 atom stereocenters. The highest BCUT2D eigenvalue weighted by molar-refractivity contribution is 5.94. The van der Waals surface area contributed by atoms with E-state index in [2.05, 4.69) is 16.7 Å². The Balaban J connectivity index is 1.45. The van der Waals surface area contributed by atoms with Crippen molar-refractivity contribution in [3.8, 4) is 0 Å². The number of benzene rings is 1. The van der Waals surface area contributed by atoms with E-state index < -0.39 is 0 Å². The Morgan fingerprint density at radius 1 is 1.00 bits per heavy atom. The normalized spacial score (nSPS) is 19.6. The minimum absolute atomic E-state index is 0.107. The van der Waals surface area contributed by atoms with Crippen LogP contribution in [0, 0.1) is 12.8 Å². The predicted molar refractivity (Wildman–Crippen MR) is 124 cm³/mol. The molecule has 5 rings (SSSR count). The molecule has 3 aliphatic rings. The van der Waals surface area contributed by atoms with Gasteiger partial charge in [-0.2, -0.15) is 4.98 Å². The number of aromatic nitrogens is 2. The minimum Gasteiger partial charge on any atom is -0.356 e. The van der Waals surface area contributed by atoms with E-state index in [-0.39, 0.29) is 5.91 Å². The average molecular weight is 420 g/mol. The fraction of sp³-hybridized carbons (Fsp3) is 0.560. The van der Waals surface area contributed by atoms with Crippen molar-refractivity contribution in [2.75, 3.05) is 42.5 Å². The van der Waals surface area contributed by atoms with Crippen LogP contribution in [0.4, 0.5) is 11.8 Å². The van der Waals surface area contributed by atoms with Gasteiger partial charge in [0.05, 0.1) is 12.2 Å². The third-order valence-electron chi connectivity index (χ3n) is 7.05. The molecule has 0 unspecified atom stereocenters. The molecule has 1 aromatic heterocycles. The second-order valence-electron chi connectivity index (χ2n) is 9.48. The number of nitrogens with zero attached hydrogens (tertiary/aromatic N) is 5. The Kier molecular flexibility index (Phi) is 5.55. The topological polar surface area (TPSA) is 52.6 Å². The van der Waals surface area contributed by atoms with Gasteiger partial charge in [0.15, 0.2) is 0 Å². The van der Waals surface area contributed by atoms with Gasteiger partial charge in [0.25, 0.3) is 5.91 Å². The number of hydrogen-bond donors (Lipinski definition) is 0. The van der Waals surface area contributed by atoms with Crippen LogP contribution in [-0.4, -0.2) is 53.5 Å². The Labute approximate surface area is 185 Å². The van der Waals surface area contributed by atoms with Gasteiger partial charge in [-0.3, -0.25) is 4.79 Å². The van der Waals surface area contributed by atoms with E-state index in [1.54, 1.807) is 0 Å². The zero-order chi connectivity index (χ0) is 21.4. The van der Waals surface area contributed by atoms with Gasteiger partial charge in [-0.15, -0.1) is 0 Å². The summed E-state index contributed by atoms with van der Waals surface area (Å²) in [7, 11) is 0. The highest BCUT2D eigenvalue weighted by Gasteiger charge is 2.30. The summed E-state index contributed by atoms with van der Waals surface area (Å²) in [6, 6.07) is 7.90. The molecule has 0 spiro atoms. The summed E-state index contributed by atoms with van der Waals surface area (Å²) in [6.07, 6.45) is 5.63. The minimum atomic E-state index is 0.107. The van der Waals surface area contributed by atoms with Crippen molar-refractivity contribution in [3.63, 3.8) is 0 Å². The van der Waals surface area contributed by atoms with E-state index >= 15 is 0 Å². The number of aryl methyl sites for hydroxylation is 1. The maximum Gasteiger partial charge on any atom is 0.254 e. The lowest BCUT2D eigenvalue weighted by Gasteiger charge is -2.35. The summed E-state index contributed by atoms with van der Waals surface area (Å²) in [5, 5.41) is 0. The van der Waals surface area contributed by atoms with Gasteiger partial charge in [0.2, 0.25) is 5.95 Å². The third-order valence-corrected chi connectivity index (χ3v) is 7.05. The van der Waals surface area contributed by atoms with Gasteiger partial charge in [0.1, 0.15) is 5.82 Å². The van der Waals surface area contributed by atoms with Gasteiger partial charge < -0.3 is 14.7 Å². The first-order valence-corrected chi connectivity index (χ1v) is 11.8. The van der Waals surface area contributed by atoms with Crippen LogP contribution >= 0.6 is 0 Å². The van der Waals surface area contributed by atoms with Crippen molar-refractivity contribution >= 4 is 17.7 Å². The van der Waals surface area contributed by atoms with Crippen LogP contribution in [0.5, 0.6) is 0 Å². The number of carbonyl (C=O) groups is 1. The van der Waals surface area contributed by atoms with E-state index in [1.807, 2.05) is 36.1 Å². The second-order valence-corrected chi connectivity index (χ2v) is 9.48. The van der Waals surface area contributed by atoms with E-state index in [1.165, 1.54) is 25.7 Å². The molecule has 2 saturated heterocycles. The first-order chi connectivity index (χ1) is 15.1. The quantitative estimate of drug-likeness (QED) is 0.757. The van der Waals surface area contributed by atoms with Crippen molar-refractivity contribution in [3.05, 3.63) is 46.6 Å². The van der Waals surface area contributed by atoms with Crippen LogP contribution in [0.3, 0.4) is 0 Å². The number of carbonyl (C=O) groups excluding carboxylic acids is 1. The Morgan fingerprint density at radius 3 is 2.52 bits per heavy atom. The molecule has 3 aliphatic heterocycles. The molecular formula is C25H33N5O. The molecule has 164 valence electrons. The molecule has 0 aliphatic carbocycles. The molecule has 4 heterocycles. The summed E-state index contributed by atoms with van der Waals surface area (Å²) in [5.41, 5.74) is 4.18. The zero-order valence-electron chi connectivity index (χ0n) is 18.8. The Hall–Kier alpha value is -2.63. The van der Waals surface area contributed by atoms with Crippen molar-refractivity contribution < 1.29 is 4.79 Å². The summed E-state index contributed by atoms with van der Waals surface area (Å²) in [5.74, 6) is 2.85. The van der Waals surface area contributed by atoms with Gasteiger partial charge >= 0.3 is 0 Å². The van der Waals surface area contributed by atoms with Gasteiger partial charge in [0, 0.05) is 50.3 Å². The van der Waals surface area contributed by atoms with Crippen molar-refractivity contribution in [1.29, 1.82) is 0 Å². The molecule has 6 heteroatoms. The van der Waals surface area contributed by atoms with Gasteiger partial charge in [-0.25, -0.2) is 4.98 Å². The fourth-order valence-corrected chi connectivity index (χ4v) is 5.06. The first-order valence-electron chi connectivity index (χ1n) is 11.8. The van der Waals surface area contributed by atoms with Crippen LogP contribution in [0.15, 0.2) is 24.3 Å². The largest absolute Gasteiger partial charge is 0.356 e. The number of rotatable bonds is 3. The van der Waals surface area contributed by atoms with Crippen LogP contribution in [0.1, 0.15) is 59.8 Å². The molecule has 1 aromatic carbocycles. The van der Waals surface area contributed by atoms with Gasteiger partial charge in [-0.1, -0.05) is 24.6 Å². The molecule has 31 heavy (non-hydrogen) atoms. The lowest BCUT2D eigenvalue weighted by Crippen LogP contribution is -2.39. The standard InChI is InChI=1S/C25H33N5O/c1-18-8-13-29(14-9-18)25-26-22-10-15-30(24(31)20-7-5-6-19(2)16-20)17-21(22)23(27-25)28-11-3-4-12-28/h5-7,16,18H,3-4,8-15,17H2,1-2H3. The van der Waals surface area contributed by atoms with E-state index in [0.717, 1.165) is 72.7 Å². The summed E-state index contributed by atoms with van der Waals surface area (Å²) < 4.78 is 0. The van der Waals surface area contributed by atoms with E-state index in [9.17, 15) is 4.79 Å². The summed E-state index contributed by atoms with van der Waals surface area (Å²) in [4.78, 5) is 30.1. The smallest absolute Gasteiger partial charge is 0.254 e. The van der Waals surface area contributed by atoms with E-state index in [0.29, 0.717) is 13.1 Å². The fourth-order valence-electron chi connectivity index (χ4n) is 5.06. The summed E-state index contributed by atoms with van der Waals surface area (Å²) in [6.45, 7) is 9.86. The van der Waals surface area contributed by atoms with Gasteiger partial charge in [-0.05, 0) is 50.7 Å².